The van der Waals surface area contributed by atoms with Crippen LogP contribution in [-0.2, 0) is 22.6 Å². The number of unbranched alkanes of at least 4 members (excludes halogenated alkanes) is 1. The van der Waals surface area contributed by atoms with Crippen molar-refractivity contribution in [3.05, 3.63) is 99.5 Å². The molecule has 0 bridgehead atoms. The minimum absolute atomic E-state index is 0.134. The average molecular weight is 556 g/mol. The number of aryl methyl sites for hydroxylation is 1. The molecule has 2 amide bonds. The van der Waals surface area contributed by atoms with Crippen molar-refractivity contribution in [2.75, 3.05) is 13.2 Å². The lowest BCUT2D eigenvalue weighted by Crippen LogP contribution is -2.50. The van der Waals surface area contributed by atoms with Crippen LogP contribution in [-0.4, -0.2) is 35.9 Å². The largest absolute Gasteiger partial charge is 0.494 e. The van der Waals surface area contributed by atoms with Crippen LogP contribution in [0.15, 0.2) is 72.8 Å². The van der Waals surface area contributed by atoms with E-state index in [0.717, 1.165) is 29.7 Å². The lowest BCUT2D eigenvalue weighted by molar-refractivity contribution is -0.141. The van der Waals surface area contributed by atoms with Gasteiger partial charge in [0, 0.05) is 41.5 Å². The van der Waals surface area contributed by atoms with Crippen molar-refractivity contribution in [1.82, 2.24) is 10.2 Å². The van der Waals surface area contributed by atoms with Gasteiger partial charge in [0.25, 0.3) is 0 Å². The zero-order valence-electron chi connectivity index (χ0n) is 22.1. The van der Waals surface area contributed by atoms with Gasteiger partial charge >= 0.3 is 0 Å². The van der Waals surface area contributed by atoms with Crippen molar-refractivity contribution in [3.8, 4) is 5.75 Å². The number of halogens is 2. The first-order valence-corrected chi connectivity index (χ1v) is 13.9. The van der Waals surface area contributed by atoms with E-state index in [1.807, 2.05) is 61.5 Å². The highest BCUT2D eigenvalue weighted by Gasteiger charge is 2.31. The van der Waals surface area contributed by atoms with Gasteiger partial charge in [0.2, 0.25) is 11.8 Å². The van der Waals surface area contributed by atoms with E-state index in [2.05, 4.69) is 12.2 Å². The van der Waals surface area contributed by atoms with E-state index in [-0.39, 0.29) is 24.8 Å². The van der Waals surface area contributed by atoms with Crippen LogP contribution in [0.4, 0.5) is 0 Å². The van der Waals surface area contributed by atoms with Crippen LogP contribution < -0.4 is 10.1 Å². The third-order valence-corrected chi connectivity index (χ3v) is 7.02. The fraction of sp³-hybridized carbons (Fsp3) is 0.355. The Morgan fingerprint density at radius 1 is 0.921 bits per heavy atom. The summed E-state index contributed by atoms with van der Waals surface area (Å²) in [7, 11) is 0. The smallest absolute Gasteiger partial charge is 0.243 e. The van der Waals surface area contributed by atoms with Crippen LogP contribution in [0, 0.1) is 6.92 Å². The van der Waals surface area contributed by atoms with Gasteiger partial charge in [0.1, 0.15) is 11.8 Å². The standard InChI is InChI=1S/C31H36Cl2N2O3/c1-3-4-19-34-31(37)29(21-24-10-6-5-7-11-24)35(22-26-27(32)12-8-13-28(26)33)30(36)14-9-20-38-25-17-15-23(2)16-18-25/h5-8,10-13,15-18,29H,3-4,9,14,19-22H2,1-2H3,(H,34,37)/t29-/m1/s1. The quantitative estimate of drug-likeness (QED) is 0.218. The van der Waals surface area contributed by atoms with Gasteiger partial charge in [-0.3, -0.25) is 9.59 Å². The first kappa shape index (κ1) is 29.5. The lowest BCUT2D eigenvalue weighted by Gasteiger charge is -2.32. The van der Waals surface area contributed by atoms with Crippen molar-refractivity contribution in [2.45, 2.75) is 58.5 Å². The number of nitrogens with one attached hydrogen (secondary N) is 1. The maximum absolute atomic E-state index is 13.7. The number of nitrogens with zero attached hydrogens (tertiary/aromatic N) is 1. The van der Waals surface area contributed by atoms with Crippen LogP contribution in [0.25, 0.3) is 0 Å². The van der Waals surface area contributed by atoms with Crippen LogP contribution >= 0.6 is 23.2 Å². The summed E-state index contributed by atoms with van der Waals surface area (Å²) in [6.45, 7) is 5.17. The highest BCUT2D eigenvalue weighted by Crippen LogP contribution is 2.27. The Morgan fingerprint density at radius 2 is 1.61 bits per heavy atom. The fourth-order valence-electron chi connectivity index (χ4n) is 4.11. The number of rotatable bonds is 14. The number of amides is 2. The fourth-order valence-corrected chi connectivity index (χ4v) is 4.62. The van der Waals surface area contributed by atoms with E-state index in [0.29, 0.717) is 41.6 Å². The van der Waals surface area contributed by atoms with Crippen molar-refractivity contribution < 1.29 is 14.3 Å². The molecule has 3 aromatic rings. The summed E-state index contributed by atoms with van der Waals surface area (Å²) in [5.41, 5.74) is 2.75. The molecule has 0 fully saturated rings. The van der Waals surface area contributed by atoms with Crippen molar-refractivity contribution in [2.24, 2.45) is 0 Å². The van der Waals surface area contributed by atoms with Gasteiger partial charge in [-0.1, -0.05) is 90.6 Å². The molecule has 0 aliphatic rings. The first-order valence-electron chi connectivity index (χ1n) is 13.1. The van der Waals surface area contributed by atoms with Crippen molar-refractivity contribution in [1.29, 1.82) is 0 Å². The number of ether oxygens (including phenoxy) is 1. The van der Waals surface area contributed by atoms with Crippen LogP contribution in [0.2, 0.25) is 10.0 Å². The molecule has 0 saturated heterocycles. The Morgan fingerprint density at radius 3 is 2.26 bits per heavy atom. The normalized spacial score (nSPS) is 11.6. The first-order chi connectivity index (χ1) is 18.4. The molecule has 3 aromatic carbocycles. The molecule has 0 heterocycles. The number of carbonyl (C=O) groups is 2. The average Bonchev–Trinajstić information content (AvgIpc) is 2.91. The zero-order valence-corrected chi connectivity index (χ0v) is 23.6. The van der Waals surface area contributed by atoms with E-state index in [9.17, 15) is 9.59 Å². The van der Waals surface area contributed by atoms with Crippen LogP contribution in [0.1, 0.15) is 49.3 Å². The third kappa shape index (κ3) is 9.07. The third-order valence-electron chi connectivity index (χ3n) is 6.32. The molecule has 0 saturated carbocycles. The molecule has 0 aliphatic heterocycles. The van der Waals surface area contributed by atoms with E-state index in [1.54, 1.807) is 23.1 Å². The van der Waals surface area contributed by atoms with Gasteiger partial charge in [0.05, 0.1) is 6.61 Å². The maximum atomic E-state index is 13.7. The molecular weight excluding hydrogens is 519 g/mol. The summed E-state index contributed by atoms with van der Waals surface area (Å²) in [6, 6.07) is 22.1. The molecule has 0 unspecified atom stereocenters. The van der Waals surface area contributed by atoms with E-state index < -0.39 is 6.04 Å². The number of hydrogen-bond donors (Lipinski definition) is 1. The Balaban J connectivity index is 1.82. The van der Waals surface area contributed by atoms with E-state index >= 15 is 0 Å². The molecule has 0 spiro atoms. The maximum Gasteiger partial charge on any atom is 0.243 e. The highest BCUT2D eigenvalue weighted by atomic mass is 35.5. The predicted molar refractivity (Wildman–Crippen MR) is 155 cm³/mol. The van der Waals surface area contributed by atoms with Gasteiger partial charge in [-0.05, 0) is 49.6 Å². The van der Waals surface area contributed by atoms with Crippen LogP contribution in [0.3, 0.4) is 0 Å². The van der Waals surface area contributed by atoms with Gasteiger partial charge in [-0.2, -0.15) is 0 Å². The molecule has 7 heteroatoms. The monoisotopic (exact) mass is 554 g/mol. The topological polar surface area (TPSA) is 58.6 Å². The second kappa shape index (κ2) is 15.4. The molecule has 1 atom stereocenters. The summed E-state index contributed by atoms with van der Waals surface area (Å²) >= 11 is 13.0. The van der Waals surface area contributed by atoms with Gasteiger partial charge in [-0.25, -0.2) is 0 Å². The minimum atomic E-state index is -0.716. The van der Waals surface area contributed by atoms with Crippen molar-refractivity contribution in [3.63, 3.8) is 0 Å². The molecule has 38 heavy (non-hydrogen) atoms. The summed E-state index contributed by atoms with van der Waals surface area (Å²) in [4.78, 5) is 28.8. The highest BCUT2D eigenvalue weighted by molar-refractivity contribution is 6.36. The lowest BCUT2D eigenvalue weighted by atomic mass is 10.0. The zero-order chi connectivity index (χ0) is 27.3. The molecule has 1 N–H and O–H groups in total. The Kier molecular flexibility index (Phi) is 12.0. The van der Waals surface area contributed by atoms with Gasteiger partial charge in [0.15, 0.2) is 0 Å². The summed E-state index contributed by atoms with van der Waals surface area (Å²) in [5, 5.41) is 3.95. The molecule has 5 nitrogen and oxygen atoms in total. The summed E-state index contributed by atoms with van der Waals surface area (Å²) in [6.07, 6.45) is 2.94. The van der Waals surface area contributed by atoms with Gasteiger partial charge in [-0.15, -0.1) is 0 Å². The summed E-state index contributed by atoms with van der Waals surface area (Å²) < 4.78 is 5.82. The molecule has 3 rings (SSSR count). The number of benzene rings is 3. The SMILES string of the molecule is CCCCNC(=O)[C@@H](Cc1ccccc1)N(Cc1c(Cl)cccc1Cl)C(=O)CCCOc1ccc(C)cc1. The van der Waals surface area contributed by atoms with Crippen LogP contribution in [0.5, 0.6) is 5.75 Å². The Bertz CT molecular complexity index is 1150. The predicted octanol–water partition coefficient (Wildman–Crippen LogP) is 7.02. The Hall–Kier alpha value is -3.02. The number of hydrogen-bond acceptors (Lipinski definition) is 3. The summed E-state index contributed by atoms with van der Waals surface area (Å²) in [5.74, 6) is 0.426. The minimum Gasteiger partial charge on any atom is -0.494 e. The molecule has 0 radical (unpaired) electrons. The Labute approximate surface area is 236 Å². The van der Waals surface area contributed by atoms with E-state index in [4.69, 9.17) is 27.9 Å². The second-order valence-electron chi connectivity index (χ2n) is 9.34. The second-order valence-corrected chi connectivity index (χ2v) is 10.2. The number of carbonyl (C=O) groups excluding carboxylic acids is 2. The molecule has 0 aliphatic carbocycles. The van der Waals surface area contributed by atoms with Crippen molar-refractivity contribution >= 4 is 35.0 Å². The molecule has 0 aromatic heterocycles. The van der Waals surface area contributed by atoms with Gasteiger partial charge < -0.3 is 15.0 Å². The van der Waals surface area contributed by atoms with E-state index in [1.165, 1.54) is 0 Å². The molecule has 202 valence electrons. The molecular formula is C31H36Cl2N2O3.